The third-order valence-electron chi connectivity index (χ3n) is 3.75. The number of anilines is 1. The van der Waals surface area contributed by atoms with Crippen LogP contribution in [0, 0.1) is 10.1 Å². The van der Waals surface area contributed by atoms with E-state index in [1.54, 1.807) is 18.2 Å². The summed E-state index contributed by atoms with van der Waals surface area (Å²) in [4.78, 5) is 15.2. The molecule has 0 radical (unpaired) electrons. The summed E-state index contributed by atoms with van der Waals surface area (Å²) in [7, 11) is 3.33. The molecule has 1 saturated heterocycles. The van der Waals surface area contributed by atoms with Crippen molar-refractivity contribution in [2.75, 3.05) is 58.3 Å². The molecular formula is C14H22N4O3. The first-order valence-corrected chi connectivity index (χ1v) is 7.09. The Balaban J connectivity index is 2.07. The number of nitrogens with one attached hydrogen (secondary N) is 1. The molecule has 2 rings (SSSR count). The minimum Gasteiger partial charge on any atom is -0.490 e. The van der Waals surface area contributed by atoms with Crippen LogP contribution in [0.2, 0.25) is 0 Å². The third kappa shape index (κ3) is 3.83. The van der Waals surface area contributed by atoms with Crippen LogP contribution >= 0.6 is 0 Å². The zero-order valence-corrected chi connectivity index (χ0v) is 12.5. The Hall–Kier alpha value is -1.86. The second-order valence-electron chi connectivity index (χ2n) is 5.10. The highest BCUT2D eigenvalue weighted by Crippen LogP contribution is 2.36. The van der Waals surface area contributed by atoms with Crippen LogP contribution in [0.15, 0.2) is 18.2 Å². The van der Waals surface area contributed by atoms with E-state index < -0.39 is 0 Å². The standard InChI is InChI=1S/C14H22N4O3/c1-16(10-11-17-8-6-15-7-9-17)12-4-3-5-13(21-2)14(12)18(19)20/h3-5,15H,6-11H2,1-2H3. The normalized spacial score (nSPS) is 15.7. The maximum absolute atomic E-state index is 11.3. The molecule has 1 N–H and O–H groups in total. The Morgan fingerprint density at radius 1 is 1.43 bits per heavy atom. The van der Waals surface area contributed by atoms with E-state index in [0.717, 1.165) is 39.3 Å². The van der Waals surface area contributed by atoms with E-state index in [0.29, 0.717) is 11.4 Å². The molecule has 1 heterocycles. The van der Waals surface area contributed by atoms with Crippen LogP contribution in [0.5, 0.6) is 5.75 Å². The lowest BCUT2D eigenvalue weighted by molar-refractivity contribution is -0.385. The number of likely N-dealkylation sites (N-methyl/N-ethyl adjacent to an activating group) is 1. The van der Waals surface area contributed by atoms with Gasteiger partial charge >= 0.3 is 5.69 Å². The predicted octanol–water partition coefficient (Wildman–Crippen LogP) is 0.945. The maximum Gasteiger partial charge on any atom is 0.333 e. The van der Waals surface area contributed by atoms with Gasteiger partial charge in [-0.25, -0.2) is 0 Å². The van der Waals surface area contributed by atoms with Crippen molar-refractivity contribution in [3.8, 4) is 5.75 Å². The van der Waals surface area contributed by atoms with Crippen LogP contribution in [0.4, 0.5) is 11.4 Å². The molecule has 0 aromatic heterocycles. The monoisotopic (exact) mass is 294 g/mol. The van der Waals surface area contributed by atoms with E-state index in [9.17, 15) is 10.1 Å². The molecular weight excluding hydrogens is 272 g/mol. The van der Waals surface area contributed by atoms with Crippen molar-refractivity contribution in [1.82, 2.24) is 10.2 Å². The van der Waals surface area contributed by atoms with Gasteiger partial charge in [0.15, 0.2) is 5.75 Å². The SMILES string of the molecule is COc1cccc(N(C)CCN2CCNCC2)c1[N+](=O)[O-]. The van der Waals surface area contributed by atoms with E-state index in [4.69, 9.17) is 4.74 Å². The Bertz CT molecular complexity index is 489. The van der Waals surface area contributed by atoms with Gasteiger partial charge in [-0.15, -0.1) is 0 Å². The number of rotatable bonds is 6. The number of para-hydroxylation sites is 1. The number of methoxy groups -OCH3 is 1. The molecule has 0 spiro atoms. The predicted molar refractivity (Wildman–Crippen MR) is 82.2 cm³/mol. The quantitative estimate of drug-likeness (QED) is 0.622. The molecule has 116 valence electrons. The highest BCUT2D eigenvalue weighted by molar-refractivity contribution is 5.69. The zero-order chi connectivity index (χ0) is 15.2. The van der Waals surface area contributed by atoms with Crippen molar-refractivity contribution in [2.45, 2.75) is 0 Å². The molecule has 0 amide bonds. The summed E-state index contributed by atoms with van der Waals surface area (Å²) in [6, 6.07) is 5.16. The van der Waals surface area contributed by atoms with Gasteiger partial charge in [0.2, 0.25) is 0 Å². The molecule has 0 atom stereocenters. The van der Waals surface area contributed by atoms with Gasteiger partial charge in [-0.2, -0.15) is 0 Å². The fourth-order valence-corrected chi connectivity index (χ4v) is 2.51. The number of hydrogen-bond acceptors (Lipinski definition) is 6. The highest BCUT2D eigenvalue weighted by atomic mass is 16.6. The molecule has 1 aliphatic rings. The van der Waals surface area contributed by atoms with Crippen molar-refractivity contribution < 1.29 is 9.66 Å². The summed E-state index contributed by atoms with van der Waals surface area (Å²) in [6.45, 7) is 5.69. The summed E-state index contributed by atoms with van der Waals surface area (Å²) in [5.74, 6) is 0.298. The Morgan fingerprint density at radius 2 is 2.14 bits per heavy atom. The molecule has 1 aromatic rings. The van der Waals surface area contributed by atoms with Gasteiger partial charge in [-0.05, 0) is 12.1 Å². The van der Waals surface area contributed by atoms with Crippen molar-refractivity contribution >= 4 is 11.4 Å². The summed E-state index contributed by atoms with van der Waals surface area (Å²) in [5.41, 5.74) is 0.622. The van der Waals surface area contributed by atoms with E-state index >= 15 is 0 Å². The summed E-state index contributed by atoms with van der Waals surface area (Å²) < 4.78 is 5.10. The number of hydrogen-bond donors (Lipinski definition) is 1. The van der Waals surface area contributed by atoms with Gasteiger partial charge in [-0.1, -0.05) is 6.07 Å². The Morgan fingerprint density at radius 3 is 2.76 bits per heavy atom. The third-order valence-corrected chi connectivity index (χ3v) is 3.75. The van der Waals surface area contributed by atoms with Crippen molar-refractivity contribution in [3.63, 3.8) is 0 Å². The van der Waals surface area contributed by atoms with Gasteiger partial charge in [0.25, 0.3) is 0 Å². The number of piperazine rings is 1. The first-order valence-electron chi connectivity index (χ1n) is 7.09. The molecule has 0 unspecified atom stereocenters. The van der Waals surface area contributed by atoms with Crippen LogP contribution in [-0.4, -0.2) is 63.2 Å². The maximum atomic E-state index is 11.3. The molecule has 21 heavy (non-hydrogen) atoms. The first-order chi connectivity index (χ1) is 10.1. The molecule has 0 bridgehead atoms. The summed E-state index contributed by atoms with van der Waals surface area (Å²) >= 11 is 0. The van der Waals surface area contributed by atoms with Crippen LogP contribution < -0.4 is 15.0 Å². The largest absolute Gasteiger partial charge is 0.490 e. The van der Waals surface area contributed by atoms with Crippen molar-refractivity contribution in [2.24, 2.45) is 0 Å². The number of nitro benzene ring substituents is 1. The van der Waals surface area contributed by atoms with Gasteiger partial charge in [-0.3, -0.25) is 15.0 Å². The van der Waals surface area contributed by atoms with Crippen LogP contribution in [0.25, 0.3) is 0 Å². The van der Waals surface area contributed by atoms with E-state index in [2.05, 4.69) is 10.2 Å². The Labute approximate surface area is 124 Å². The number of benzene rings is 1. The van der Waals surface area contributed by atoms with Gasteiger partial charge < -0.3 is 15.0 Å². The highest BCUT2D eigenvalue weighted by Gasteiger charge is 2.23. The average Bonchev–Trinajstić information content (AvgIpc) is 2.52. The van der Waals surface area contributed by atoms with Crippen LogP contribution in [-0.2, 0) is 0 Å². The molecule has 0 saturated carbocycles. The summed E-state index contributed by atoms with van der Waals surface area (Å²) in [5, 5.41) is 14.6. The van der Waals surface area contributed by atoms with E-state index in [1.807, 2.05) is 11.9 Å². The fourth-order valence-electron chi connectivity index (χ4n) is 2.51. The molecule has 0 aliphatic carbocycles. The number of nitrogens with zero attached hydrogens (tertiary/aromatic N) is 3. The lowest BCUT2D eigenvalue weighted by Crippen LogP contribution is -2.46. The van der Waals surface area contributed by atoms with E-state index in [-0.39, 0.29) is 10.6 Å². The molecule has 1 aliphatic heterocycles. The first kappa shape index (κ1) is 15.5. The minimum absolute atomic E-state index is 0.0304. The second-order valence-corrected chi connectivity index (χ2v) is 5.10. The van der Waals surface area contributed by atoms with Crippen molar-refractivity contribution in [1.29, 1.82) is 0 Å². The van der Waals surface area contributed by atoms with Crippen LogP contribution in [0.1, 0.15) is 0 Å². The topological polar surface area (TPSA) is 70.9 Å². The smallest absolute Gasteiger partial charge is 0.333 e. The van der Waals surface area contributed by atoms with Crippen molar-refractivity contribution in [3.05, 3.63) is 28.3 Å². The van der Waals surface area contributed by atoms with Crippen LogP contribution in [0.3, 0.4) is 0 Å². The molecule has 1 fully saturated rings. The minimum atomic E-state index is -0.379. The van der Waals surface area contributed by atoms with Gasteiger partial charge in [0, 0.05) is 46.3 Å². The molecule has 7 nitrogen and oxygen atoms in total. The van der Waals surface area contributed by atoms with Gasteiger partial charge in [0.1, 0.15) is 5.69 Å². The average molecular weight is 294 g/mol. The van der Waals surface area contributed by atoms with Gasteiger partial charge in [0.05, 0.1) is 12.0 Å². The fraction of sp³-hybridized carbons (Fsp3) is 0.571. The number of nitro groups is 1. The Kier molecular flexibility index (Phi) is 5.35. The van der Waals surface area contributed by atoms with E-state index in [1.165, 1.54) is 7.11 Å². The lowest BCUT2D eigenvalue weighted by Gasteiger charge is -2.29. The summed E-state index contributed by atoms with van der Waals surface area (Å²) in [6.07, 6.45) is 0. The number of ether oxygens (including phenoxy) is 1. The zero-order valence-electron chi connectivity index (χ0n) is 12.5. The lowest BCUT2D eigenvalue weighted by atomic mass is 10.2. The second kappa shape index (κ2) is 7.24. The molecule has 7 heteroatoms. The molecule has 1 aromatic carbocycles.